The number of hydrogen-bond acceptors (Lipinski definition) is 3. The second kappa shape index (κ2) is 8.11. The van der Waals surface area contributed by atoms with Crippen LogP contribution in [0.5, 0.6) is 0 Å². The quantitative estimate of drug-likeness (QED) is 0.877. The molecule has 1 aliphatic rings. The van der Waals surface area contributed by atoms with E-state index in [2.05, 4.69) is 16.8 Å². The van der Waals surface area contributed by atoms with Crippen LogP contribution in [0.25, 0.3) is 0 Å². The van der Waals surface area contributed by atoms with E-state index in [-0.39, 0.29) is 17.9 Å². The first-order valence-corrected chi connectivity index (χ1v) is 9.25. The van der Waals surface area contributed by atoms with Crippen LogP contribution in [0.3, 0.4) is 0 Å². The van der Waals surface area contributed by atoms with Gasteiger partial charge in [0.25, 0.3) is 0 Å². The van der Waals surface area contributed by atoms with E-state index in [0.29, 0.717) is 19.4 Å². The summed E-state index contributed by atoms with van der Waals surface area (Å²) in [5.74, 6) is 0.0936. The molecule has 2 aromatic rings. The van der Waals surface area contributed by atoms with Gasteiger partial charge in [0.15, 0.2) is 0 Å². The minimum absolute atomic E-state index is 0.0368. The standard InChI is InChI=1S/C19H22N2O2S/c22-18(14-15-6-2-1-3-7-15)20-11-10-19(23)21-12-4-8-16(21)17-9-5-13-24-17/h1-3,5-7,9,13,16H,4,8,10-12,14H2,(H,20,22). The van der Waals surface area contributed by atoms with E-state index in [1.807, 2.05) is 41.3 Å². The average Bonchev–Trinajstić information content (AvgIpc) is 3.26. The normalized spacial score (nSPS) is 17.0. The van der Waals surface area contributed by atoms with E-state index < -0.39 is 0 Å². The lowest BCUT2D eigenvalue weighted by molar-refractivity contribution is -0.132. The summed E-state index contributed by atoms with van der Waals surface area (Å²) in [6, 6.07) is 14.0. The first kappa shape index (κ1) is 16.7. The van der Waals surface area contributed by atoms with Gasteiger partial charge in [-0.2, -0.15) is 0 Å². The van der Waals surface area contributed by atoms with Crippen molar-refractivity contribution in [3.8, 4) is 0 Å². The van der Waals surface area contributed by atoms with Gasteiger partial charge in [0, 0.05) is 24.4 Å². The summed E-state index contributed by atoms with van der Waals surface area (Å²) in [5.41, 5.74) is 0.985. The number of likely N-dealkylation sites (tertiary alicyclic amines) is 1. The third kappa shape index (κ3) is 4.23. The topological polar surface area (TPSA) is 49.4 Å². The second-order valence-corrected chi connectivity index (χ2v) is 7.00. The molecule has 3 rings (SSSR count). The predicted molar refractivity (Wildman–Crippen MR) is 95.8 cm³/mol. The van der Waals surface area contributed by atoms with Gasteiger partial charge in [-0.05, 0) is 29.9 Å². The molecule has 0 spiro atoms. The molecule has 1 aromatic carbocycles. The molecule has 1 fully saturated rings. The van der Waals surface area contributed by atoms with Crippen LogP contribution in [0, 0.1) is 0 Å². The Morgan fingerprint density at radius 1 is 1.17 bits per heavy atom. The lowest BCUT2D eigenvalue weighted by Crippen LogP contribution is -2.34. The Kier molecular flexibility index (Phi) is 5.64. The summed E-state index contributed by atoms with van der Waals surface area (Å²) in [7, 11) is 0. The summed E-state index contributed by atoms with van der Waals surface area (Å²) >= 11 is 1.71. The monoisotopic (exact) mass is 342 g/mol. The highest BCUT2D eigenvalue weighted by Crippen LogP contribution is 2.34. The highest BCUT2D eigenvalue weighted by molar-refractivity contribution is 7.10. The lowest BCUT2D eigenvalue weighted by Gasteiger charge is -2.24. The van der Waals surface area contributed by atoms with Crippen molar-refractivity contribution in [2.75, 3.05) is 13.1 Å². The van der Waals surface area contributed by atoms with Gasteiger partial charge in [-0.15, -0.1) is 11.3 Å². The molecule has 0 aliphatic carbocycles. The number of benzene rings is 1. The zero-order chi connectivity index (χ0) is 16.8. The molecule has 0 bridgehead atoms. The summed E-state index contributed by atoms with van der Waals surface area (Å²) in [5, 5.41) is 4.91. The van der Waals surface area contributed by atoms with Gasteiger partial charge < -0.3 is 10.2 Å². The fraction of sp³-hybridized carbons (Fsp3) is 0.368. The van der Waals surface area contributed by atoms with Crippen molar-refractivity contribution in [1.82, 2.24) is 10.2 Å². The Bertz CT molecular complexity index is 670. The number of rotatable bonds is 6. The molecule has 1 saturated heterocycles. The molecule has 1 N–H and O–H groups in total. The van der Waals surface area contributed by atoms with Crippen molar-refractivity contribution in [3.63, 3.8) is 0 Å². The van der Waals surface area contributed by atoms with E-state index in [1.54, 1.807) is 11.3 Å². The van der Waals surface area contributed by atoms with E-state index in [4.69, 9.17) is 0 Å². The molecule has 0 saturated carbocycles. The molecular weight excluding hydrogens is 320 g/mol. The predicted octanol–water partition coefficient (Wildman–Crippen LogP) is 3.16. The number of thiophene rings is 1. The maximum absolute atomic E-state index is 12.5. The molecule has 0 radical (unpaired) electrons. The third-order valence-electron chi connectivity index (χ3n) is 4.31. The summed E-state index contributed by atoms with van der Waals surface area (Å²) in [6.07, 6.45) is 2.81. The highest BCUT2D eigenvalue weighted by Gasteiger charge is 2.30. The smallest absolute Gasteiger partial charge is 0.224 e. The van der Waals surface area contributed by atoms with E-state index in [1.165, 1.54) is 4.88 Å². The average molecular weight is 342 g/mol. The highest BCUT2D eigenvalue weighted by atomic mass is 32.1. The van der Waals surface area contributed by atoms with Gasteiger partial charge in [0.05, 0.1) is 12.5 Å². The Morgan fingerprint density at radius 2 is 2.00 bits per heavy atom. The van der Waals surface area contributed by atoms with Crippen LogP contribution >= 0.6 is 11.3 Å². The van der Waals surface area contributed by atoms with Gasteiger partial charge in [-0.25, -0.2) is 0 Å². The van der Waals surface area contributed by atoms with E-state index in [9.17, 15) is 9.59 Å². The van der Waals surface area contributed by atoms with Crippen LogP contribution in [0.15, 0.2) is 47.8 Å². The van der Waals surface area contributed by atoms with Crippen molar-refractivity contribution >= 4 is 23.2 Å². The SMILES string of the molecule is O=C(Cc1ccccc1)NCCC(=O)N1CCCC1c1cccs1. The molecule has 1 aliphatic heterocycles. The molecule has 1 unspecified atom stereocenters. The van der Waals surface area contributed by atoms with Crippen molar-refractivity contribution < 1.29 is 9.59 Å². The molecule has 24 heavy (non-hydrogen) atoms. The Morgan fingerprint density at radius 3 is 2.75 bits per heavy atom. The lowest BCUT2D eigenvalue weighted by atomic mass is 10.1. The summed E-state index contributed by atoms with van der Waals surface area (Å²) in [6.45, 7) is 1.22. The first-order valence-electron chi connectivity index (χ1n) is 8.37. The maximum atomic E-state index is 12.5. The van der Waals surface area contributed by atoms with Gasteiger partial charge in [-0.3, -0.25) is 9.59 Å². The zero-order valence-electron chi connectivity index (χ0n) is 13.6. The third-order valence-corrected chi connectivity index (χ3v) is 5.29. The Labute approximate surface area is 146 Å². The molecule has 4 nitrogen and oxygen atoms in total. The number of nitrogens with zero attached hydrogens (tertiary/aromatic N) is 1. The second-order valence-electron chi connectivity index (χ2n) is 6.02. The van der Waals surface area contributed by atoms with Crippen molar-refractivity contribution in [3.05, 3.63) is 58.3 Å². The molecule has 2 amide bonds. The maximum Gasteiger partial charge on any atom is 0.224 e. The minimum atomic E-state index is -0.0368. The van der Waals surface area contributed by atoms with Gasteiger partial charge in [-0.1, -0.05) is 36.4 Å². The molecule has 5 heteroatoms. The van der Waals surface area contributed by atoms with Crippen molar-refractivity contribution in [2.24, 2.45) is 0 Å². The van der Waals surface area contributed by atoms with Crippen LogP contribution in [0.2, 0.25) is 0 Å². The minimum Gasteiger partial charge on any atom is -0.355 e. The fourth-order valence-electron chi connectivity index (χ4n) is 3.14. The van der Waals surface area contributed by atoms with Crippen LogP contribution < -0.4 is 5.32 Å². The van der Waals surface area contributed by atoms with E-state index in [0.717, 1.165) is 24.9 Å². The van der Waals surface area contributed by atoms with Crippen LogP contribution in [0.4, 0.5) is 0 Å². The zero-order valence-corrected chi connectivity index (χ0v) is 14.4. The van der Waals surface area contributed by atoms with Gasteiger partial charge >= 0.3 is 0 Å². The number of carbonyl (C=O) groups is 2. The number of carbonyl (C=O) groups excluding carboxylic acids is 2. The fourth-order valence-corrected chi connectivity index (χ4v) is 4.01. The number of nitrogens with one attached hydrogen (secondary N) is 1. The van der Waals surface area contributed by atoms with Crippen LogP contribution in [0.1, 0.15) is 35.7 Å². The van der Waals surface area contributed by atoms with Crippen LogP contribution in [-0.4, -0.2) is 29.8 Å². The molecule has 1 atom stereocenters. The molecule has 126 valence electrons. The van der Waals surface area contributed by atoms with Crippen molar-refractivity contribution in [2.45, 2.75) is 31.7 Å². The van der Waals surface area contributed by atoms with E-state index >= 15 is 0 Å². The number of amides is 2. The molecule has 2 heterocycles. The van der Waals surface area contributed by atoms with Crippen LogP contribution in [-0.2, 0) is 16.0 Å². The molecule has 1 aromatic heterocycles. The first-order chi connectivity index (χ1) is 11.7. The summed E-state index contributed by atoms with van der Waals surface area (Å²) in [4.78, 5) is 27.6. The van der Waals surface area contributed by atoms with Gasteiger partial charge in [0.1, 0.15) is 0 Å². The summed E-state index contributed by atoms with van der Waals surface area (Å²) < 4.78 is 0. The van der Waals surface area contributed by atoms with Crippen molar-refractivity contribution in [1.29, 1.82) is 0 Å². The Hall–Kier alpha value is -2.14. The van der Waals surface area contributed by atoms with Gasteiger partial charge in [0.2, 0.25) is 11.8 Å². The molecular formula is C19H22N2O2S. The Balaban J connectivity index is 1.44. The number of hydrogen-bond donors (Lipinski definition) is 1. The largest absolute Gasteiger partial charge is 0.355 e.